The number of unbranched alkanes of at least 4 members (excludes halogenated alkanes) is 10. The van der Waals surface area contributed by atoms with E-state index in [0.29, 0.717) is 6.61 Å². The van der Waals surface area contributed by atoms with Gasteiger partial charge in [0.05, 0.1) is 6.61 Å². The third kappa shape index (κ3) is 19.3. The second-order valence-electron chi connectivity index (χ2n) is 4.96. The summed E-state index contributed by atoms with van der Waals surface area (Å²) in [5, 5.41) is 19.9. The Balaban J connectivity index is 2.92. The van der Waals surface area contributed by atoms with Crippen LogP contribution in [0.4, 0.5) is 0 Å². The van der Waals surface area contributed by atoms with Gasteiger partial charge in [0, 0.05) is 15.1 Å². The van der Waals surface area contributed by atoms with Crippen LogP contribution in [0.2, 0.25) is 0 Å². The van der Waals surface area contributed by atoms with Crippen LogP contribution < -0.4 is 0 Å². The summed E-state index contributed by atoms with van der Waals surface area (Å²) in [5.41, 5.74) is 0. The Labute approximate surface area is 133 Å². The molecule has 0 saturated carbocycles. The van der Waals surface area contributed by atoms with E-state index < -0.39 is 0 Å². The lowest BCUT2D eigenvalue weighted by molar-refractivity contribution is -0.786. The summed E-state index contributed by atoms with van der Waals surface area (Å²) in [5.74, 6) is 0. The van der Waals surface area contributed by atoms with Crippen LogP contribution in [-0.4, -0.2) is 6.61 Å². The third-order valence-electron chi connectivity index (χ3n) is 3.10. The number of rotatable bonds is 19. The highest BCUT2D eigenvalue weighted by molar-refractivity contribution is 4.47. The molecule has 0 radical (unpaired) electrons. The lowest BCUT2D eigenvalue weighted by atomic mass is 10.1. The van der Waals surface area contributed by atoms with Gasteiger partial charge in [0.25, 0.3) is 0 Å². The first-order valence-electron chi connectivity index (χ1n) is 8.14. The Bertz CT molecular complexity index is 214. The standard InChI is InChI=1S/C15H30O7/c1-3-5-6-7-8-9-10-11-12-13-14-15-17-19-21-22-20-18-16-4-2/h4H,2-3,5-15H2,1H3. The van der Waals surface area contributed by atoms with Crippen molar-refractivity contribution in [1.82, 2.24) is 0 Å². The first-order valence-corrected chi connectivity index (χ1v) is 8.14. The molecule has 0 fully saturated rings. The average Bonchev–Trinajstić information content (AvgIpc) is 2.54. The molecular weight excluding hydrogens is 292 g/mol. The summed E-state index contributed by atoms with van der Waals surface area (Å²) < 4.78 is 0. The van der Waals surface area contributed by atoms with Crippen molar-refractivity contribution in [2.75, 3.05) is 6.61 Å². The van der Waals surface area contributed by atoms with Gasteiger partial charge >= 0.3 is 0 Å². The van der Waals surface area contributed by atoms with E-state index in [1.807, 2.05) is 0 Å². The van der Waals surface area contributed by atoms with E-state index in [9.17, 15) is 0 Å². The summed E-state index contributed by atoms with van der Waals surface area (Å²) in [7, 11) is 0. The zero-order valence-corrected chi connectivity index (χ0v) is 13.6. The highest BCUT2D eigenvalue weighted by atomic mass is 17.9. The quantitative estimate of drug-likeness (QED) is 0.143. The summed E-state index contributed by atoms with van der Waals surface area (Å²) >= 11 is 0. The van der Waals surface area contributed by atoms with Crippen LogP contribution in [-0.2, 0) is 35.0 Å². The lowest BCUT2D eigenvalue weighted by Gasteiger charge is -2.03. The van der Waals surface area contributed by atoms with Crippen LogP contribution in [0.1, 0.15) is 77.6 Å². The number of hydrogen-bond donors (Lipinski definition) is 0. The molecule has 0 aromatic carbocycles. The van der Waals surface area contributed by atoms with Gasteiger partial charge in [0.2, 0.25) is 0 Å². The molecule has 0 saturated heterocycles. The molecule has 7 heteroatoms. The van der Waals surface area contributed by atoms with Gasteiger partial charge in [-0.25, -0.2) is 4.89 Å². The Morgan fingerprint density at radius 2 is 1.14 bits per heavy atom. The van der Waals surface area contributed by atoms with Crippen molar-refractivity contribution < 1.29 is 35.0 Å². The predicted octanol–water partition coefficient (Wildman–Crippen LogP) is 5.05. The minimum atomic E-state index is 0.421. The fourth-order valence-corrected chi connectivity index (χ4v) is 1.96. The first kappa shape index (κ1) is 21.3. The van der Waals surface area contributed by atoms with Gasteiger partial charge in [-0.2, -0.15) is 0 Å². The van der Waals surface area contributed by atoms with E-state index in [1.165, 1.54) is 57.8 Å². The van der Waals surface area contributed by atoms with Gasteiger partial charge in [-0.05, 0) is 16.5 Å². The van der Waals surface area contributed by atoms with E-state index in [4.69, 9.17) is 0 Å². The zero-order chi connectivity index (χ0) is 16.1. The van der Waals surface area contributed by atoms with Crippen LogP contribution in [0.25, 0.3) is 0 Å². The lowest BCUT2D eigenvalue weighted by Crippen LogP contribution is -2.01. The van der Waals surface area contributed by atoms with Crippen LogP contribution >= 0.6 is 0 Å². The molecule has 0 aliphatic carbocycles. The summed E-state index contributed by atoms with van der Waals surface area (Å²) in [4.78, 5) is 8.78. The molecule has 7 nitrogen and oxygen atoms in total. The van der Waals surface area contributed by atoms with Gasteiger partial charge in [0.1, 0.15) is 6.26 Å². The molecule has 0 aliphatic rings. The fraction of sp³-hybridized carbons (Fsp3) is 0.867. The first-order chi connectivity index (χ1) is 10.9. The Morgan fingerprint density at radius 3 is 1.73 bits per heavy atom. The molecule has 132 valence electrons. The van der Waals surface area contributed by atoms with E-state index in [0.717, 1.165) is 19.1 Å². The van der Waals surface area contributed by atoms with Crippen molar-refractivity contribution in [3.63, 3.8) is 0 Å². The zero-order valence-electron chi connectivity index (χ0n) is 13.6. The second kappa shape index (κ2) is 20.3. The van der Waals surface area contributed by atoms with Crippen molar-refractivity contribution in [2.45, 2.75) is 77.6 Å². The Kier molecular flexibility index (Phi) is 19.7. The largest absolute Gasteiger partial charge is 0.315 e. The van der Waals surface area contributed by atoms with Crippen molar-refractivity contribution in [3.05, 3.63) is 12.8 Å². The third-order valence-corrected chi connectivity index (χ3v) is 3.10. The highest BCUT2D eigenvalue weighted by Gasteiger charge is 1.96. The molecule has 0 bridgehead atoms. The van der Waals surface area contributed by atoms with Gasteiger partial charge < -0.3 is 4.89 Å². The van der Waals surface area contributed by atoms with Crippen molar-refractivity contribution in [2.24, 2.45) is 0 Å². The van der Waals surface area contributed by atoms with Crippen LogP contribution in [0.5, 0.6) is 0 Å². The van der Waals surface area contributed by atoms with Gasteiger partial charge in [-0.1, -0.05) is 77.7 Å². The van der Waals surface area contributed by atoms with Crippen LogP contribution in [0.3, 0.4) is 0 Å². The van der Waals surface area contributed by atoms with E-state index >= 15 is 0 Å². The molecule has 0 amide bonds. The van der Waals surface area contributed by atoms with Crippen molar-refractivity contribution >= 4 is 0 Å². The molecule has 0 unspecified atom stereocenters. The number of hydrogen-bond acceptors (Lipinski definition) is 7. The van der Waals surface area contributed by atoms with E-state index in [-0.39, 0.29) is 0 Å². The van der Waals surface area contributed by atoms with Gasteiger partial charge in [0.15, 0.2) is 0 Å². The minimum absolute atomic E-state index is 0.421. The predicted molar refractivity (Wildman–Crippen MR) is 79.1 cm³/mol. The molecule has 0 spiro atoms. The molecule has 0 rings (SSSR count). The Hall–Kier alpha value is -0.700. The van der Waals surface area contributed by atoms with Crippen molar-refractivity contribution in [1.29, 1.82) is 0 Å². The van der Waals surface area contributed by atoms with Crippen molar-refractivity contribution in [3.8, 4) is 0 Å². The molecule has 0 aliphatic heterocycles. The molecule has 0 N–H and O–H groups in total. The van der Waals surface area contributed by atoms with Gasteiger partial charge in [-0.15, -0.1) is 0 Å². The molecule has 22 heavy (non-hydrogen) atoms. The summed E-state index contributed by atoms with van der Waals surface area (Å²) in [6.07, 6.45) is 15.0. The average molecular weight is 322 g/mol. The molecule has 0 atom stereocenters. The maximum absolute atomic E-state index is 4.68. The smallest absolute Gasteiger partial charge is 0.125 e. The highest BCUT2D eigenvalue weighted by Crippen LogP contribution is 2.11. The molecular formula is C15H30O7. The monoisotopic (exact) mass is 322 g/mol. The normalized spacial score (nSPS) is 10.8. The Morgan fingerprint density at radius 1 is 0.636 bits per heavy atom. The molecule has 0 aromatic rings. The van der Waals surface area contributed by atoms with Gasteiger partial charge in [-0.3, -0.25) is 0 Å². The topological polar surface area (TPSA) is 64.6 Å². The fourth-order valence-electron chi connectivity index (χ4n) is 1.96. The molecule has 0 aromatic heterocycles. The van der Waals surface area contributed by atoms with Crippen LogP contribution in [0, 0.1) is 0 Å². The summed E-state index contributed by atoms with van der Waals surface area (Å²) in [6, 6.07) is 0. The maximum Gasteiger partial charge on any atom is 0.125 e. The SMILES string of the molecule is C=COOOOOOOCCCCCCCCCCCCC. The second-order valence-corrected chi connectivity index (χ2v) is 4.96. The molecule has 0 heterocycles. The van der Waals surface area contributed by atoms with E-state index in [1.54, 1.807) is 0 Å². The summed E-state index contributed by atoms with van der Waals surface area (Å²) in [6.45, 7) is 5.86. The van der Waals surface area contributed by atoms with E-state index in [2.05, 4.69) is 48.5 Å². The minimum Gasteiger partial charge on any atom is -0.315 e. The van der Waals surface area contributed by atoms with Crippen LogP contribution in [0.15, 0.2) is 12.8 Å². The maximum atomic E-state index is 4.68.